The maximum absolute atomic E-state index is 12.6. The van der Waals surface area contributed by atoms with Gasteiger partial charge in [-0.25, -0.2) is 18.1 Å². The van der Waals surface area contributed by atoms with E-state index in [0.717, 1.165) is 12.8 Å². The lowest BCUT2D eigenvalue weighted by molar-refractivity contribution is 0.0877. The van der Waals surface area contributed by atoms with Crippen molar-refractivity contribution in [3.63, 3.8) is 0 Å². The molecule has 2 fully saturated rings. The molecule has 0 amide bonds. The molecule has 3 aromatic rings. The number of benzene rings is 2. The Hall–Kier alpha value is -2.68. The van der Waals surface area contributed by atoms with Crippen molar-refractivity contribution in [2.45, 2.75) is 48.7 Å². The highest BCUT2D eigenvalue weighted by Crippen LogP contribution is 2.40. The summed E-state index contributed by atoms with van der Waals surface area (Å²) in [5.41, 5.74) is 5.54. The van der Waals surface area contributed by atoms with E-state index in [1.165, 1.54) is 60.8 Å². The summed E-state index contributed by atoms with van der Waals surface area (Å²) < 4.78 is 29.7. The Balaban J connectivity index is 1.19. The second kappa shape index (κ2) is 9.08. The number of likely N-dealkylation sites (tertiary alicyclic amines) is 1. The SMILES string of the molecule is Cn1cnc(S(=O)(=O)NC2CN(c3ccc4c(c3)C(Cc3ccccc3)C(N3CCC3)CC4)C2)c1. The number of aryl methyl sites for hydroxylation is 2. The second-order valence-electron chi connectivity index (χ2n) is 10.3. The zero-order chi connectivity index (χ0) is 24.0. The van der Waals surface area contributed by atoms with Gasteiger partial charge in [0.25, 0.3) is 10.0 Å². The third kappa shape index (κ3) is 4.50. The number of hydrogen-bond donors (Lipinski definition) is 1. The van der Waals surface area contributed by atoms with Gasteiger partial charge in [0.05, 0.1) is 12.4 Å². The van der Waals surface area contributed by atoms with Crippen LogP contribution < -0.4 is 9.62 Å². The van der Waals surface area contributed by atoms with E-state index in [2.05, 4.69) is 68.0 Å². The molecule has 1 N–H and O–H groups in total. The largest absolute Gasteiger partial charge is 0.368 e. The summed E-state index contributed by atoms with van der Waals surface area (Å²) in [4.78, 5) is 8.95. The molecular weight excluding hydrogens is 458 g/mol. The Kier molecular flexibility index (Phi) is 5.90. The summed E-state index contributed by atoms with van der Waals surface area (Å²) >= 11 is 0. The number of anilines is 1. The summed E-state index contributed by atoms with van der Waals surface area (Å²) in [6.45, 7) is 3.78. The highest BCUT2D eigenvalue weighted by Gasteiger charge is 2.37. The van der Waals surface area contributed by atoms with E-state index in [0.29, 0.717) is 25.0 Å². The van der Waals surface area contributed by atoms with Gasteiger partial charge in [0.15, 0.2) is 5.03 Å². The first kappa shape index (κ1) is 22.8. The maximum Gasteiger partial charge on any atom is 0.259 e. The minimum absolute atomic E-state index is 0.0769. The van der Waals surface area contributed by atoms with Crippen LogP contribution in [0.25, 0.3) is 0 Å². The number of sulfonamides is 1. The van der Waals surface area contributed by atoms with Crippen LogP contribution in [-0.4, -0.2) is 61.1 Å². The van der Waals surface area contributed by atoms with Crippen LogP contribution in [0.4, 0.5) is 5.69 Å². The predicted molar refractivity (Wildman–Crippen MR) is 137 cm³/mol. The Morgan fingerprint density at radius 3 is 2.57 bits per heavy atom. The van der Waals surface area contributed by atoms with Gasteiger partial charge in [-0.05, 0) is 67.6 Å². The van der Waals surface area contributed by atoms with Gasteiger partial charge in [-0.2, -0.15) is 0 Å². The third-order valence-corrected chi connectivity index (χ3v) is 9.29. The number of hydrogen-bond acceptors (Lipinski definition) is 5. The highest BCUT2D eigenvalue weighted by atomic mass is 32.2. The van der Waals surface area contributed by atoms with Gasteiger partial charge >= 0.3 is 0 Å². The Morgan fingerprint density at radius 2 is 1.89 bits per heavy atom. The molecule has 3 heterocycles. The summed E-state index contributed by atoms with van der Waals surface area (Å²) in [5, 5.41) is 0.0769. The number of nitrogens with one attached hydrogen (secondary N) is 1. The van der Waals surface area contributed by atoms with Crippen LogP contribution in [0.1, 0.15) is 35.4 Å². The number of aromatic nitrogens is 2. The fraction of sp³-hybridized carbons (Fsp3) is 0.444. The summed E-state index contributed by atoms with van der Waals surface area (Å²) in [6, 6.07) is 18.3. The lowest BCUT2D eigenvalue weighted by Gasteiger charge is -2.46. The Labute approximate surface area is 207 Å². The molecule has 0 bridgehead atoms. The molecular formula is C27H33N5O2S. The molecule has 2 unspecified atom stereocenters. The van der Waals surface area contributed by atoms with E-state index in [1.54, 1.807) is 11.6 Å². The van der Waals surface area contributed by atoms with E-state index in [4.69, 9.17) is 0 Å². The fourth-order valence-electron chi connectivity index (χ4n) is 5.86. The van der Waals surface area contributed by atoms with Crippen molar-refractivity contribution in [1.82, 2.24) is 19.2 Å². The number of imidazole rings is 1. The van der Waals surface area contributed by atoms with Crippen LogP contribution in [0.15, 0.2) is 66.1 Å². The molecule has 6 rings (SSSR count). The summed E-state index contributed by atoms with van der Waals surface area (Å²) in [7, 11) is -1.82. The van der Waals surface area contributed by atoms with Gasteiger partial charge in [-0.15, -0.1) is 0 Å². The third-order valence-electron chi connectivity index (χ3n) is 7.89. The molecule has 0 radical (unpaired) electrons. The first-order valence-electron chi connectivity index (χ1n) is 12.6. The lowest BCUT2D eigenvalue weighted by atomic mass is 9.74. The van der Waals surface area contributed by atoms with Crippen LogP contribution in [0.2, 0.25) is 0 Å². The second-order valence-corrected chi connectivity index (χ2v) is 11.9. The molecule has 8 heteroatoms. The number of nitrogens with zero attached hydrogens (tertiary/aromatic N) is 4. The Morgan fingerprint density at radius 1 is 1.09 bits per heavy atom. The first-order valence-corrected chi connectivity index (χ1v) is 14.1. The van der Waals surface area contributed by atoms with Gasteiger partial charge in [0.2, 0.25) is 0 Å². The molecule has 2 aliphatic heterocycles. The van der Waals surface area contributed by atoms with Crippen molar-refractivity contribution in [2.24, 2.45) is 7.05 Å². The van der Waals surface area contributed by atoms with Crippen molar-refractivity contribution in [1.29, 1.82) is 0 Å². The molecule has 184 valence electrons. The molecule has 3 aliphatic rings. The van der Waals surface area contributed by atoms with Gasteiger partial charge < -0.3 is 9.47 Å². The average Bonchev–Trinajstić information content (AvgIpc) is 3.24. The van der Waals surface area contributed by atoms with E-state index in [-0.39, 0.29) is 11.1 Å². The predicted octanol–water partition coefficient (Wildman–Crippen LogP) is 2.93. The molecule has 1 aliphatic carbocycles. The van der Waals surface area contributed by atoms with Crippen LogP contribution >= 0.6 is 0 Å². The fourth-order valence-corrected chi connectivity index (χ4v) is 7.06. The minimum atomic E-state index is -3.59. The molecule has 1 aromatic heterocycles. The minimum Gasteiger partial charge on any atom is -0.368 e. The van der Waals surface area contributed by atoms with Crippen molar-refractivity contribution in [3.8, 4) is 0 Å². The van der Waals surface area contributed by atoms with E-state index >= 15 is 0 Å². The molecule has 7 nitrogen and oxygen atoms in total. The zero-order valence-electron chi connectivity index (χ0n) is 20.2. The normalized spacial score (nSPS) is 22.9. The van der Waals surface area contributed by atoms with E-state index in [9.17, 15) is 8.42 Å². The topological polar surface area (TPSA) is 70.5 Å². The van der Waals surface area contributed by atoms with Gasteiger partial charge in [0, 0.05) is 44.0 Å². The van der Waals surface area contributed by atoms with Crippen molar-refractivity contribution < 1.29 is 8.42 Å². The quantitative estimate of drug-likeness (QED) is 0.550. The summed E-state index contributed by atoms with van der Waals surface area (Å²) in [6.07, 6.45) is 7.77. The molecule has 0 saturated carbocycles. The number of fused-ring (bicyclic) bond motifs is 1. The maximum atomic E-state index is 12.6. The smallest absolute Gasteiger partial charge is 0.259 e. The van der Waals surface area contributed by atoms with Crippen LogP contribution in [0.3, 0.4) is 0 Å². The molecule has 2 saturated heterocycles. The van der Waals surface area contributed by atoms with E-state index < -0.39 is 10.0 Å². The molecule has 2 atom stereocenters. The Bertz CT molecular complexity index is 1300. The van der Waals surface area contributed by atoms with Gasteiger partial charge in [0.1, 0.15) is 0 Å². The van der Waals surface area contributed by atoms with Crippen molar-refractivity contribution in [2.75, 3.05) is 31.1 Å². The monoisotopic (exact) mass is 491 g/mol. The number of rotatable bonds is 7. The first-order chi connectivity index (χ1) is 17.0. The van der Waals surface area contributed by atoms with Gasteiger partial charge in [-0.3, -0.25) is 4.90 Å². The van der Waals surface area contributed by atoms with Crippen LogP contribution in [0, 0.1) is 0 Å². The molecule has 2 aromatic carbocycles. The van der Waals surface area contributed by atoms with Crippen LogP contribution in [-0.2, 0) is 29.9 Å². The zero-order valence-corrected chi connectivity index (χ0v) is 21.0. The van der Waals surface area contributed by atoms with Crippen molar-refractivity contribution >= 4 is 15.7 Å². The van der Waals surface area contributed by atoms with Crippen LogP contribution in [0.5, 0.6) is 0 Å². The molecule has 0 spiro atoms. The lowest BCUT2D eigenvalue weighted by Crippen LogP contribution is -2.59. The van der Waals surface area contributed by atoms with Gasteiger partial charge in [-0.1, -0.05) is 36.4 Å². The van der Waals surface area contributed by atoms with E-state index in [1.807, 2.05) is 0 Å². The molecule has 35 heavy (non-hydrogen) atoms. The summed E-state index contributed by atoms with van der Waals surface area (Å²) in [5.74, 6) is 0.487. The standard InChI is InChI=1S/C27H33N5O2S/c1-30-18-27(28-19-30)35(33,34)29-22-16-32(17-22)23-10-8-21-9-11-26(31-12-5-13-31)25(24(21)15-23)14-20-6-3-2-4-7-20/h2-4,6-8,10,15,18-19,22,25-26,29H,5,9,11-14,16-17H2,1H3. The highest BCUT2D eigenvalue weighted by molar-refractivity contribution is 7.89. The average molecular weight is 492 g/mol. The van der Waals surface area contributed by atoms with Crippen molar-refractivity contribution in [3.05, 3.63) is 77.7 Å².